The number of nitrogens with zero attached hydrogens (tertiary/aromatic N) is 4. The molecule has 0 aliphatic heterocycles. The van der Waals surface area contributed by atoms with Gasteiger partial charge in [-0.25, -0.2) is 52.7 Å². The van der Waals surface area contributed by atoms with Gasteiger partial charge < -0.3 is 19.6 Å². The van der Waals surface area contributed by atoms with E-state index in [0.717, 1.165) is 273 Å². The van der Waals surface area contributed by atoms with Crippen LogP contribution >= 0.6 is 0 Å². The zero-order chi connectivity index (χ0) is 105. The molecule has 148 heavy (non-hydrogen) atoms. The molecule has 0 saturated heterocycles. The van der Waals surface area contributed by atoms with Crippen molar-refractivity contribution in [1.82, 2.24) is 0 Å². The van der Waals surface area contributed by atoms with Crippen molar-refractivity contribution in [1.29, 1.82) is 0 Å². The van der Waals surface area contributed by atoms with Crippen LogP contribution in [-0.2, 0) is 25.7 Å². The Bertz CT molecular complexity index is 6330. The Hall–Kier alpha value is -13.1. The summed E-state index contributed by atoms with van der Waals surface area (Å²) in [7, 11) is 0. The highest BCUT2D eigenvalue weighted by Gasteiger charge is 2.35. The number of halogens is 12. The Balaban J connectivity index is 1.13. The van der Waals surface area contributed by atoms with Crippen LogP contribution in [0.3, 0.4) is 0 Å². The van der Waals surface area contributed by atoms with Gasteiger partial charge in [0.05, 0.1) is 45.5 Å². The molecular weight excluding hydrogens is 1870 g/mol. The second-order valence-electron chi connectivity index (χ2n) is 41.7. The minimum Gasteiger partial charge on any atom is -0.309 e. The molecule has 770 valence electrons. The van der Waals surface area contributed by atoms with Crippen LogP contribution in [0.2, 0.25) is 0 Å². The first-order chi connectivity index (χ1) is 71.5. The van der Waals surface area contributed by atoms with Crippen molar-refractivity contribution < 1.29 is 52.7 Å². The molecule has 0 amide bonds. The van der Waals surface area contributed by atoms with Crippen molar-refractivity contribution in [3.63, 3.8) is 0 Å². The van der Waals surface area contributed by atoms with Gasteiger partial charge in [-0.1, -0.05) is 309 Å². The minimum absolute atomic E-state index is 0.0204. The monoisotopic (exact) mass is 2010 g/mol. The maximum Gasteiger partial charge on any atom is 0.194 e. The maximum atomic E-state index is 16.8. The first-order valence-corrected chi connectivity index (χ1v) is 54.0. The molecule has 16 rings (SSSR count). The molecule has 0 aliphatic carbocycles. The van der Waals surface area contributed by atoms with E-state index in [4.69, 9.17) is 0 Å². The fourth-order valence-electron chi connectivity index (χ4n) is 21.2. The van der Waals surface area contributed by atoms with E-state index in [1.807, 2.05) is 177 Å². The number of benzene rings is 16. The summed E-state index contributed by atoms with van der Waals surface area (Å²) in [6.07, 6.45) is 28.4. The van der Waals surface area contributed by atoms with Gasteiger partial charge in [-0.05, 0) is 300 Å². The third kappa shape index (κ3) is 24.2. The summed E-state index contributed by atoms with van der Waals surface area (Å²) in [5.41, 5.74) is 14.5. The number of unbranched alkanes of at least 4 members (excludes halogenated alkanes) is 20. The summed E-state index contributed by atoms with van der Waals surface area (Å²) in [5.74, 6) is -18.6. The molecule has 0 atom stereocenters. The Labute approximate surface area is 867 Å². The van der Waals surface area contributed by atoms with Gasteiger partial charge >= 0.3 is 0 Å². The average molecular weight is 2010 g/mol. The van der Waals surface area contributed by atoms with E-state index in [9.17, 15) is 0 Å². The van der Waals surface area contributed by atoms with Crippen LogP contribution in [0.15, 0.2) is 255 Å². The number of hydrogen-bond acceptors (Lipinski definition) is 4. The van der Waals surface area contributed by atoms with Crippen molar-refractivity contribution in [2.24, 2.45) is 0 Å². The van der Waals surface area contributed by atoms with Gasteiger partial charge in [0.1, 0.15) is 0 Å². The van der Waals surface area contributed by atoms with Crippen LogP contribution in [0.1, 0.15) is 305 Å². The summed E-state index contributed by atoms with van der Waals surface area (Å²) >= 11 is 0. The van der Waals surface area contributed by atoms with Crippen molar-refractivity contribution in [2.45, 2.75) is 287 Å². The lowest BCUT2D eigenvalue weighted by Crippen LogP contribution is -2.17. The van der Waals surface area contributed by atoms with E-state index in [2.05, 4.69) is 132 Å². The van der Waals surface area contributed by atoms with Crippen LogP contribution in [0.4, 0.5) is 121 Å². The van der Waals surface area contributed by atoms with Gasteiger partial charge in [0, 0.05) is 77.3 Å². The normalized spacial score (nSPS) is 11.8. The van der Waals surface area contributed by atoms with Gasteiger partial charge in [0.25, 0.3) is 0 Å². The summed E-state index contributed by atoms with van der Waals surface area (Å²) in [4.78, 5) is 8.30. The number of aryl methyl sites for hydroxylation is 4. The summed E-state index contributed by atoms with van der Waals surface area (Å²) in [6, 6.07) is 76.9. The highest BCUT2D eigenvalue weighted by molar-refractivity contribution is 6.33. The number of hydrogen-bond donors (Lipinski definition) is 0. The van der Waals surface area contributed by atoms with Crippen LogP contribution in [-0.4, -0.2) is 0 Å². The summed E-state index contributed by atoms with van der Waals surface area (Å²) in [6.45, 7) is 24.9. The van der Waals surface area contributed by atoms with E-state index in [1.54, 1.807) is 0 Å². The largest absolute Gasteiger partial charge is 0.309 e. The zero-order valence-corrected chi connectivity index (χ0v) is 87.7. The fourth-order valence-corrected chi connectivity index (χ4v) is 21.2. The van der Waals surface area contributed by atoms with Gasteiger partial charge in [0.15, 0.2) is 69.8 Å². The van der Waals surface area contributed by atoms with Crippen molar-refractivity contribution >= 4 is 101 Å². The van der Waals surface area contributed by atoms with Gasteiger partial charge in [0.2, 0.25) is 0 Å². The third-order valence-corrected chi connectivity index (χ3v) is 29.7. The zero-order valence-electron chi connectivity index (χ0n) is 87.7. The first-order valence-electron chi connectivity index (χ1n) is 54.0. The molecule has 0 saturated carbocycles. The first kappa shape index (κ1) is 108. The lowest BCUT2D eigenvalue weighted by molar-refractivity contribution is 0.447. The lowest BCUT2D eigenvalue weighted by Gasteiger charge is -2.36. The minimum atomic E-state index is -1.65. The van der Waals surface area contributed by atoms with Gasteiger partial charge in [-0.15, -0.1) is 0 Å². The molecule has 0 unspecified atom stereocenters. The molecule has 0 bridgehead atoms. The highest BCUT2D eigenvalue weighted by Crippen LogP contribution is 2.59. The topological polar surface area (TPSA) is 13.0 Å². The van der Waals surface area contributed by atoms with Crippen LogP contribution in [0.25, 0.3) is 76.8 Å². The Morgan fingerprint density at radius 1 is 0.182 bits per heavy atom. The van der Waals surface area contributed by atoms with E-state index < -0.39 is 69.8 Å². The third-order valence-electron chi connectivity index (χ3n) is 29.7. The number of anilines is 12. The summed E-state index contributed by atoms with van der Waals surface area (Å²) < 4.78 is 198. The Kier molecular flexibility index (Phi) is 35.9. The van der Waals surface area contributed by atoms with E-state index in [1.165, 1.54) is 0 Å². The molecule has 0 heterocycles. The molecule has 0 spiro atoms. The smallest absolute Gasteiger partial charge is 0.194 e. The highest BCUT2D eigenvalue weighted by atomic mass is 19.2. The second-order valence-corrected chi connectivity index (χ2v) is 41.7. The number of rotatable bonds is 48. The van der Waals surface area contributed by atoms with Gasteiger partial charge in [-0.2, -0.15) is 0 Å². The molecular formula is C132H138F12N4. The van der Waals surface area contributed by atoms with Crippen molar-refractivity contribution in [3.8, 4) is 44.5 Å². The molecule has 16 aromatic carbocycles. The van der Waals surface area contributed by atoms with Crippen LogP contribution < -0.4 is 19.6 Å². The fraction of sp³-hybridized carbons (Fsp3) is 0.333. The predicted octanol–water partition coefficient (Wildman–Crippen LogP) is 42.9. The van der Waals surface area contributed by atoms with Crippen molar-refractivity contribution in [2.75, 3.05) is 19.6 Å². The molecule has 0 radical (unpaired) electrons. The van der Waals surface area contributed by atoms with Crippen LogP contribution in [0, 0.1) is 69.8 Å². The standard InChI is InChI=1S/C132H138F12N4/c1-13-17-21-25-29-33-37-87-41-53-99(54-42-87)145(119-65-49-91(83(5)6)69-107(119)95-73-111(133)129(141)112(134)74-95)123-81-124(146(100-55-43-88(44-56-100)38-34-30-26-22-18-14-2)120-66-50-92(84(7)8)70-108(120)96-75-113(135)130(142)114(136)76-96)104-63-64-106-126(148(102-59-47-90(48-60-102)40-36-32-28-24-20-16-4)122-68-52-94(86(11)12)72-110(122)98-79-117(139)132(144)118(140)80-98)82-125(105-62-61-103(123)127(104)128(105)106)147(101-57-45-89(46-58-101)39-35-31-27-23-19-15-3)121-67-51-93(85(9)10)71-109(121)97-77-115(137)131(143)116(138)78-97/h41-86H,13-40H2,1-12H3. The second kappa shape index (κ2) is 49.4. The molecule has 16 heteroatoms. The molecule has 16 aromatic rings. The van der Waals surface area contributed by atoms with E-state index >= 15 is 52.7 Å². The maximum absolute atomic E-state index is 16.8. The predicted molar refractivity (Wildman–Crippen MR) is 595 cm³/mol. The average Bonchev–Trinajstić information content (AvgIpc) is 0.694. The van der Waals surface area contributed by atoms with Crippen molar-refractivity contribution in [3.05, 3.63) is 369 Å². The van der Waals surface area contributed by atoms with Gasteiger partial charge in [-0.3, -0.25) is 0 Å². The van der Waals surface area contributed by atoms with E-state index in [-0.39, 0.29) is 45.9 Å². The molecule has 0 N–H and O–H groups in total. The molecule has 0 aromatic heterocycles. The van der Waals surface area contributed by atoms with Crippen LogP contribution in [0.5, 0.6) is 0 Å². The SMILES string of the molecule is CCCCCCCCc1ccc(N(c2ccc(C(C)C)cc2-c2cc(F)c(F)c(F)c2)c2cc(N(c3ccc(CCCCCCCC)cc3)c3ccc(C(C)C)cc3-c3cc(F)c(F)c(F)c3)c3ccc4c(N(c5ccc(CCCCCCCC)cc5)c5ccc(C(C)C)cc5-c5cc(F)c(F)c(F)c5)cc(N(c5ccc(CCCCCCCC)cc5)c5ccc(C(C)C)cc5-c5cc(F)c(F)c(F)c5)c5ccc2c3c54)cc1. The molecule has 0 aliphatic rings. The lowest BCUT2D eigenvalue weighted by atomic mass is 9.87. The molecule has 4 nitrogen and oxygen atoms in total. The quantitative estimate of drug-likeness (QED) is 0.0163. The Morgan fingerprint density at radius 3 is 0.534 bits per heavy atom. The molecule has 0 fully saturated rings. The van der Waals surface area contributed by atoms with E-state index in [0.29, 0.717) is 123 Å². The Morgan fingerprint density at radius 2 is 0.358 bits per heavy atom. The summed E-state index contributed by atoms with van der Waals surface area (Å²) in [5, 5.41) is 3.47.